The van der Waals surface area contributed by atoms with Gasteiger partial charge in [0.25, 0.3) is 0 Å². The predicted molar refractivity (Wildman–Crippen MR) is 80.3 cm³/mol. The summed E-state index contributed by atoms with van der Waals surface area (Å²) in [4.78, 5) is 8.11. The van der Waals surface area contributed by atoms with E-state index in [-0.39, 0.29) is 28.2 Å². The van der Waals surface area contributed by atoms with Crippen molar-refractivity contribution in [3.8, 4) is 17.7 Å². The highest BCUT2D eigenvalue weighted by atomic mass is 32.2. The average molecular weight is 366 g/mol. The van der Waals surface area contributed by atoms with Crippen LogP contribution in [0.15, 0.2) is 38.4 Å². The first kappa shape index (κ1) is 17.0. The van der Waals surface area contributed by atoms with Gasteiger partial charge in [0.2, 0.25) is 11.7 Å². The van der Waals surface area contributed by atoms with Gasteiger partial charge in [-0.1, -0.05) is 16.9 Å². The first-order valence-electron chi connectivity index (χ1n) is 6.86. The second kappa shape index (κ2) is 6.60. The molecule has 0 amide bonds. The molecule has 6 nitrogen and oxygen atoms in total. The summed E-state index contributed by atoms with van der Waals surface area (Å²) in [6.07, 6.45) is -3.18. The standard InChI is InChI=1S/C15H9F3N4O2S/c1-8-5-10(15(16,17)18)9(6-19)14(20-8)25-7-12-21-13(22-24-12)11-3-2-4-23-11/h2-5H,7H2,1H3. The van der Waals surface area contributed by atoms with Crippen LogP contribution in [0.25, 0.3) is 11.6 Å². The van der Waals surface area contributed by atoms with E-state index in [4.69, 9.17) is 14.2 Å². The largest absolute Gasteiger partial charge is 0.461 e. The molecule has 0 N–H and O–H groups in total. The molecule has 0 saturated carbocycles. The Kier molecular flexibility index (Phi) is 4.50. The zero-order chi connectivity index (χ0) is 18.0. The van der Waals surface area contributed by atoms with E-state index in [0.29, 0.717) is 5.76 Å². The molecule has 0 aliphatic rings. The zero-order valence-corrected chi connectivity index (χ0v) is 13.5. The first-order valence-corrected chi connectivity index (χ1v) is 7.85. The Morgan fingerprint density at radius 3 is 2.76 bits per heavy atom. The van der Waals surface area contributed by atoms with Gasteiger partial charge < -0.3 is 8.94 Å². The van der Waals surface area contributed by atoms with E-state index in [1.54, 1.807) is 18.2 Å². The quantitative estimate of drug-likeness (QED) is 0.639. The molecular weight excluding hydrogens is 357 g/mol. The van der Waals surface area contributed by atoms with Crippen LogP contribution in [0.2, 0.25) is 0 Å². The molecule has 0 unspecified atom stereocenters. The molecule has 3 rings (SSSR count). The summed E-state index contributed by atoms with van der Waals surface area (Å²) in [5, 5.41) is 12.8. The molecule has 0 fully saturated rings. The Bertz CT molecular complexity index is 929. The van der Waals surface area contributed by atoms with Gasteiger partial charge in [-0.15, -0.1) is 0 Å². The van der Waals surface area contributed by atoms with Crippen molar-refractivity contribution in [1.29, 1.82) is 5.26 Å². The summed E-state index contributed by atoms with van der Waals surface area (Å²) in [7, 11) is 0. The fourth-order valence-electron chi connectivity index (χ4n) is 2.03. The number of alkyl halides is 3. The molecule has 128 valence electrons. The number of rotatable bonds is 4. The number of aryl methyl sites for hydroxylation is 1. The number of halogens is 3. The maximum absolute atomic E-state index is 13.1. The van der Waals surface area contributed by atoms with Crippen LogP contribution < -0.4 is 0 Å². The molecule has 0 aromatic carbocycles. The van der Waals surface area contributed by atoms with Gasteiger partial charge in [-0.3, -0.25) is 0 Å². The van der Waals surface area contributed by atoms with Crippen LogP contribution in [0.5, 0.6) is 0 Å². The molecule has 0 aliphatic heterocycles. The molecule has 10 heteroatoms. The Labute approximate surface area is 143 Å². The van der Waals surface area contributed by atoms with E-state index in [1.165, 1.54) is 13.2 Å². The van der Waals surface area contributed by atoms with Crippen molar-refractivity contribution in [2.75, 3.05) is 0 Å². The lowest BCUT2D eigenvalue weighted by Crippen LogP contribution is -2.10. The van der Waals surface area contributed by atoms with Gasteiger partial charge in [0, 0.05) is 5.69 Å². The minimum atomic E-state index is -4.63. The van der Waals surface area contributed by atoms with Crippen LogP contribution in [0, 0.1) is 18.3 Å². The summed E-state index contributed by atoms with van der Waals surface area (Å²) in [5.74, 6) is 0.882. The Morgan fingerprint density at radius 2 is 2.12 bits per heavy atom. The lowest BCUT2D eigenvalue weighted by molar-refractivity contribution is -0.138. The maximum atomic E-state index is 13.1. The van der Waals surface area contributed by atoms with E-state index in [2.05, 4.69) is 15.1 Å². The number of thioether (sulfide) groups is 1. The third-order valence-electron chi connectivity index (χ3n) is 3.07. The van der Waals surface area contributed by atoms with Crippen molar-refractivity contribution < 1.29 is 22.1 Å². The summed E-state index contributed by atoms with van der Waals surface area (Å²) < 4.78 is 49.4. The predicted octanol–water partition coefficient (Wildman–Crippen LogP) is 4.22. The van der Waals surface area contributed by atoms with Gasteiger partial charge >= 0.3 is 6.18 Å². The summed E-state index contributed by atoms with van der Waals surface area (Å²) in [5.41, 5.74) is -1.36. The average Bonchev–Trinajstić information content (AvgIpc) is 3.22. The van der Waals surface area contributed by atoms with Crippen molar-refractivity contribution in [3.05, 3.63) is 47.2 Å². The summed E-state index contributed by atoms with van der Waals surface area (Å²) in [6, 6.07) is 5.74. The van der Waals surface area contributed by atoms with E-state index in [1.807, 2.05) is 0 Å². The third kappa shape index (κ3) is 3.66. The van der Waals surface area contributed by atoms with Crippen molar-refractivity contribution in [3.63, 3.8) is 0 Å². The number of hydrogen-bond donors (Lipinski definition) is 0. The lowest BCUT2D eigenvalue weighted by Gasteiger charge is -2.12. The van der Waals surface area contributed by atoms with Crippen LogP contribution in [0.3, 0.4) is 0 Å². The molecule has 3 aromatic heterocycles. The van der Waals surface area contributed by atoms with Crippen LogP contribution in [-0.2, 0) is 11.9 Å². The highest BCUT2D eigenvalue weighted by Crippen LogP contribution is 2.36. The molecule has 25 heavy (non-hydrogen) atoms. The van der Waals surface area contributed by atoms with Crippen LogP contribution >= 0.6 is 11.8 Å². The van der Waals surface area contributed by atoms with E-state index < -0.39 is 17.3 Å². The van der Waals surface area contributed by atoms with Crippen molar-refractivity contribution in [1.82, 2.24) is 15.1 Å². The number of pyridine rings is 1. The Balaban J connectivity index is 1.84. The van der Waals surface area contributed by atoms with E-state index in [0.717, 1.165) is 17.8 Å². The summed E-state index contributed by atoms with van der Waals surface area (Å²) in [6.45, 7) is 1.43. The molecule has 0 bridgehead atoms. The molecule has 3 heterocycles. The van der Waals surface area contributed by atoms with Gasteiger partial charge in [-0.2, -0.15) is 23.4 Å². The second-order valence-electron chi connectivity index (χ2n) is 4.88. The fraction of sp³-hybridized carbons (Fsp3) is 0.200. The maximum Gasteiger partial charge on any atom is 0.417 e. The van der Waals surface area contributed by atoms with Crippen molar-refractivity contribution in [2.45, 2.75) is 23.9 Å². The van der Waals surface area contributed by atoms with E-state index in [9.17, 15) is 13.2 Å². The molecule has 3 aromatic rings. The topological polar surface area (TPSA) is 88.7 Å². The minimum Gasteiger partial charge on any atom is -0.461 e. The van der Waals surface area contributed by atoms with Crippen LogP contribution in [0.1, 0.15) is 22.7 Å². The highest BCUT2D eigenvalue weighted by molar-refractivity contribution is 7.98. The van der Waals surface area contributed by atoms with Crippen LogP contribution in [-0.4, -0.2) is 15.1 Å². The number of nitriles is 1. The van der Waals surface area contributed by atoms with Gasteiger partial charge in [0.15, 0.2) is 5.76 Å². The Hall–Kier alpha value is -2.80. The van der Waals surface area contributed by atoms with Crippen LogP contribution in [0.4, 0.5) is 13.2 Å². The SMILES string of the molecule is Cc1cc(C(F)(F)F)c(C#N)c(SCc2nc(-c3ccco3)no2)n1. The van der Waals surface area contributed by atoms with Gasteiger partial charge in [0.1, 0.15) is 11.1 Å². The molecule has 0 radical (unpaired) electrons. The lowest BCUT2D eigenvalue weighted by atomic mass is 10.1. The number of nitrogens with zero attached hydrogens (tertiary/aromatic N) is 4. The fourth-order valence-corrected chi connectivity index (χ4v) is 2.92. The highest BCUT2D eigenvalue weighted by Gasteiger charge is 2.35. The van der Waals surface area contributed by atoms with Crippen molar-refractivity contribution in [2.24, 2.45) is 0 Å². The van der Waals surface area contributed by atoms with Gasteiger partial charge in [-0.25, -0.2) is 4.98 Å². The number of aromatic nitrogens is 3. The minimum absolute atomic E-state index is 0.0347. The van der Waals surface area contributed by atoms with E-state index >= 15 is 0 Å². The number of furan rings is 1. The van der Waals surface area contributed by atoms with Gasteiger partial charge in [0.05, 0.1) is 23.1 Å². The normalized spacial score (nSPS) is 11.5. The first-order chi connectivity index (χ1) is 11.9. The molecular formula is C15H9F3N4O2S. The zero-order valence-electron chi connectivity index (χ0n) is 12.7. The number of hydrogen-bond acceptors (Lipinski definition) is 7. The molecule has 0 aliphatic carbocycles. The van der Waals surface area contributed by atoms with Gasteiger partial charge in [-0.05, 0) is 25.1 Å². The second-order valence-corrected chi connectivity index (χ2v) is 5.84. The molecule has 0 atom stereocenters. The molecule has 0 spiro atoms. The smallest absolute Gasteiger partial charge is 0.417 e. The Morgan fingerprint density at radius 1 is 1.32 bits per heavy atom. The molecule has 0 saturated heterocycles. The monoisotopic (exact) mass is 366 g/mol. The third-order valence-corrected chi connectivity index (χ3v) is 4.03. The van der Waals surface area contributed by atoms with Crippen molar-refractivity contribution >= 4 is 11.8 Å². The summed E-state index contributed by atoms with van der Waals surface area (Å²) >= 11 is 0.919.